The Bertz CT molecular complexity index is 555. The molecule has 0 aliphatic heterocycles. The Hall–Kier alpha value is -0.590. The first kappa shape index (κ1) is 13.8. The number of halogens is 3. The van der Waals surface area contributed by atoms with Crippen molar-refractivity contribution in [2.45, 2.75) is 6.42 Å². The maximum atomic E-state index is 5.98. The fourth-order valence-corrected chi connectivity index (χ4v) is 2.14. The van der Waals surface area contributed by atoms with E-state index >= 15 is 0 Å². The minimum absolute atomic E-state index is 0.383. The quantitative estimate of drug-likeness (QED) is 0.583. The highest BCUT2D eigenvalue weighted by molar-refractivity contribution is 14.1. The van der Waals surface area contributed by atoms with Gasteiger partial charge in [-0.2, -0.15) is 0 Å². The summed E-state index contributed by atoms with van der Waals surface area (Å²) in [5.41, 5.74) is 1.04. The molecule has 0 bridgehead atoms. The van der Waals surface area contributed by atoms with Crippen molar-refractivity contribution < 1.29 is 4.74 Å². The van der Waals surface area contributed by atoms with Crippen molar-refractivity contribution in [3.63, 3.8) is 0 Å². The molecule has 1 heterocycles. The summed E-state index contributed by atoms with van der Waals surface area (Å²) in [6.45, 7) is 0. The van der Waals surface area contributed by atoms with Gasteiger partial charge in [0.25, 0.3) is 0 Å². The number of rotatable bonds is 3. The summed E-state index contributed by atoms with van der Waals surface area (Å²) in [5, 5.41) is 0.766. The van der Waals surface area contributed by atoms with E-state index in [1.165, 1.54) is 0 Å². The van der Waals surface area contributed by atoms with Gasteiger partial charge in [-0.25, -0.2) is 9.97 Å². The second kappa shape index (κ2) is 6.04. The number of aromatic nitrogens is 2. The minimum atomic E-state index is 0.383. The van der Waals surface area contributed by atoms with E-state index in [1.807, 2.05) is 46.9 Å². The van der Waals surface area contributed by atoms with Crippen molar-refractivity contribution in [3.8, 4) is 5.75 Å². The van der Waals surface area contributed by atoms with Crippen molar-refractivity contribution in [3.05, 3.63) is 49.5 Å². The number of benzene rings is 1. The molecule has 3 nitrogen and oxygen atoms in total. The van der Waals surface area contributed by atoms with Gasteiger partial charge in [-0.3, -0.25) is 0 Å². The minimum Gasteiger partial charge on any atom is -0.497 e. The van der Waals surface area contributed by atoms with Crippen molar-refractivity contribution in [2.75, 3.05) is 7.11 Å². The van der Waals surface area contributed by atoms with E-state index in [0.717, 1.165) is 11.3 Å². The van der Waals surface area contributed by atoms with E-state index in [4.69, 9.17) is 27.9 Å². The monoisotopic (exact) mass is 394 g/mol. The Morgan fingerprint density at radius 3 is 2.50 bits per heavy atom. The standard InChI is InChI=1S/C12H9Cl2IN2O/c1-18-8-4-2-3-7(5-8)6-9-16-11(13)10(15)12(14)17-9/h2-5H,6H2,1H3. The highest BCUT2D eigenvalue weighted by Gasteiger charge is 2.09. The molecule has 1 aromatic carbocycles. The first-order chi connectivity index (χ1) is 8.60. The second-order valence-electron chi connectivity index (χ2n) is 3.56. The molecule has 0 unspecified atom stereocenters. The van der Waals surface area contributed by atoms with Gasteiger partial charge in [-0.05, 0) is 40.3 Å². The van der Waals surface area contributed by atoms with E-state index < -0.39 is 0 Å². The topological polar surface area (TPSA) is 35.0 Å². The van der Waals surface area contributed by atoms with Gasteiger partial charge in [0.2, 0.25) is 0 Å². The molecule has 0 atom stereocenters. The normalized spacial score (nSPS) is 10.4. The van der Waals surface area contributed by atoms with Crippen molar-refractivity contribution >= 4 is 45.8 Å². The molecule has 0 spiro atoms. The van der Waals surface area contributed by atoms with Crippen LogP contribution in [-0.2, 0) is 6.42 Å². The van der Waals surface area contributed by atoms with E-state index in [1.54, 1.807) is 7.11 Å². The first-order valence-corrected chi connectivity index (χ1v) is 6.94. The van der Waals surface area contributed by atoms with E-state index in [0.29, 0.717) is 26.1 Å². The predicted molar refractivity (Wildman–Crippen MR) is 80.6 cm³/mol. The predicted octanol–water partition coefficient (Wildman–Crippen LogP) is 3.99. The summed E-state index contributed by atoms with van der Waals surface area (Å²) in [7, 11) is 1.63. The van der Waals surface area contributed by atoms with E-state index in [-0.39, 0.29) is 0 Å². The van der Waals surface area contributed by atoms with Crippen molar-refractivity contribution in [2.24, 2.45) is 0 Å². The fourth-order valence-electron chi connectivity index (χ4n) is 1.48. The van der Waals surface area contributed by atoms with Crippen LogP contribution in [0.4, 0.5) is 0 Å². The van der Waals surface area contributed by atoms with Crippen molar-refractivity contribution in [1.29, 1.82) is 0 Å². The van der Waals surface area contributed by atoms with Crippen LogP contribution in [0.5, 0.6) is 5.75 Å². The smallest absolute Gasteiger partial charge is 0.147 e. The van der Waals surface area contributed by atoms with Gasteiger partial charge >= 0.3 is 0 Å². The number of hydrogen-bond donors (Lipinski definition) is 0. The van der Waals surface area contributed by atoms with Crippen LogP contribution >= 0.6 is 45.8 Å². The van der Waals surface area contributed by atoms with Gasteiger partial charge in [0.15, 0.2) is 0 Å². The number of hydrogen-bond acceptors (Lipinski definition) is 3. The largest absolute Gasteiger partial charge is 0.497 e. The van der Waals surface area contributed by atoms with Crippen LogP contribution in [-0.4, -0.2) is 17.1 Å². The third-order valence-corrected chi connectivity index (χ3v) is 4.52. The number of ether oxygens (including phenoxy) is 1. The van der Waals surface area contributed by atoms with Crippen LogP contribution in [0.15, 0.2) is 24.3 Å². The van der Waals surface area contributed by atoms with Crippen LogP contribution < -0.4 is 4.74 Å². The third-order valence-electron chi connectivity index (χ3n) is 2.31. The number of nitrogens with zero attached hydrogens (tertiary/aromatic N) is 2. The van der Waals surface area contributed by atoms with Gasteiger partial charge in [-0.15, -0.1) is 0 Å². The van der Waals surface area contributed by atoms with Crippen molar-refractivity contribution in [1.82, 2.24) is 9.97 Å². The second-order valence-corrected chi connectivity index (χ2v) is 5.36. The molecule has 0 radical (unpaired) electrons. The Balaban J connectivity index is 2.28. The molecule has 0 aliphatic rings. The maximum Gasteiger partial charge on any atom is 0.147 e. The van der Waals surface area contributed by atoms with Crippen LogP contribution in [0.3, 0.4) is 0 Å². The molecule has 2 rings (SSSR count). The molecule has 0 amide bonds. The molecule has 0 fully saturated rings. The lowest BCUT2D eigenvalue weighted by molar-refractivity contribution is 0.414. The molecule has 0 aliphatic carbocycles. The first-order valence-electron chi connectivity index (χ1n) is 5.10. The summed E-state index contributed by atoms with van der Waals surface area (Å²) in [6.07, 6.45) is 0.563. The fraction of sp³-hybridized carbons (Fsp3) is 0.167. The lowest BCUT2D eigenvalue weighted by Gasteiger charge is -2.05. The third kappa shape index (κ3) is 3.24. The summed E-state index contributed by atoms with van der Waals surface area (Å²) in [6, 6.07) is 7.72. The highest BCUT2D eigenvalue weighted by Crippen LogP contribution is 2.24. The Kier molecular flexibility index (Phi) is 4.64. The summed E-state index contributed by atoms with van der Waals surface area (Å²) >= 11 is 14.0. The van der Waals surface area contributed by atoms with E-state index in [9.17, 15) is 0 Å². The van der Waals surface area contributed by atoms with Gasteiger partial charge in [-0.1, -0.05) is 35.3 Å². The Morgan fingerprint density at radius 1 is 1.22 bits per heavy atom. The zero-order valence-electron chi connectivity index (χ0n) is 9.45. The number of methoxy groups -OCH3 is 1. The molecule has 18 heavy (non-hydrogen) atoms. The molecular weight excluding hydrogens is 386 g/mol. The molecule has 2 aromatic rings. The van der Waals surface area contributed by atoms with Gasteiger partial charge in [0.05, 0.1) is 10.7 Å². The van der Waals surface area contributed by atoms with Crippen LogP contribution in [0, 0.1) is 3.57 Å². The Labute approximate surface area is 129 Å². The average molecular weight is 395 g/mol. The molecule has 1 aromatic heterocycles. The molecule has 0 saturated heterocycles. The summed E-state index contributed by atoms with van der Waals surface area (Å²) < 4.78 is 5.84. The highest BCUT2D eigenvalue weighted by atomic mass is 127. The van der Waals surface area contributed by atoms with Crippen LogP contribution in [0.25, 0.3) is 0 Å². The molecule has 94 valence electrons. The lowest BCUT2D eigenvalue weighted by atomic mass is 10.1. The zero-order chi connectivity index (χ0) is 13.1. The SMILES string of the molecule is COc1cccc(Cc2nc(Cl)c(I)c(Cl)n2)c1. The molecule has 6 heteroatoms. The lowest BCUT2D eigenvalue weighted by Crippen LogP contribution is -1.99. The zero-order valence-corrected chi connectivity index (χ0v) is 13.1. The van der Waals surface area contributed by atoms with Gasteiger partial charge < -0.3 is 4.74 Å². The molecule has 0 N–H and O–H groups in total. The summed E-state index contributed by atoms with van der Waals surface area (Å²) in [4.78, 5) is 8.41. The average Bonchev–Trinajstić information content (AvgIpc) is 2.36. The molecular formula is C12H9Cl2IN2O. The van der Waals surface area contributed by atoms with E-state index in [2.05, 4.69) is 9.97 Å². The van der Waals surface area contributed by atoms with Gasteiger partial charge in [0, 0.05) is 6.42 Å². The Morgan fingerprint density at radius 2 is 1.89 bits per heavy atom. The summed E-state index contributed by atoms with van der Waals surface area (Å²) in [5.74, 6) is 1.40. The maximum absolute atomic E-state index is 5.98. The van der Waals surface area contributed by atoms with Crippen LogP contribution in [0.2, 0.25) is 10.3 Å². The van der Waals surface area contributed by atoms with Gasteiger partial charge in [0.1, 0.15) is 21.9 Å². The van der Waals surface area contributed by atoms with Crippen LogP contribution in [0.1, 0.15) is 11.4 Å². The molecule has 0 saturated carbocycles.